The van der Waals surface area contributed by atoms with Crippen molar-refractivity contribution >= 4 is 0 Å². The molecule has 0 saturated heterocycles. The fourth-order valence-corrected chi connectivity index (χ4v) is 2.41. The van der Waals surface area contributed by atoms with E-state index >= 15 is 0 Å². The third kappa shape index (κ3) is 1.57. The highest BCUT2D eigenvalue weighted by atomic mass is 15.1. The van der Waals surface area contributed by atoms with E-state index in [1.807, 2.05) is 12.3 Å². The van der Waals surface area contributed by atoms with Crippen LogP contribution in [0.5, 0.6) is 0 Å². The first-order valence-corrected chi connectivity index (χ1v) is 5.58. The maximum absolute atomic E-state index is 3.94. The van der Waals surface area contributed by atoms with Crippen LogP contribution in [0.2, 0.25) is 0 Å². The maximum Gasteiger partial charge on any atom is 0.0490 e. The summed E-state index contributed by atoms with van der Waals surface area (Å²) in [5.74, 6) is 1.05. The zero-order valence-electron chi connectivity index (χ0n) is 8.42. The van der Waals surface area contributed by atoms with Crippen molar-refractivity contribution in [2.24, 2.45) is 11.3 Å². The van der Waals surface area contributed by atoms with Crippen LogP contribution in [-0.4, -0.2) is 16.7 Å². The van der Waals surface area contributed by atoms with Gasteiger partial charge in [-0.05, 0) is 43.1 Å². The molecule has 3 heteroatoms. The normalized spacial score (nSPS) is 23.7. The van der Waals surface area contributed by atoms with Crippen molar-refractivity contribution in [1.82, 2.24) is 15.5 Å². The first kappa shape index (κ1) is 8.48. The zero-order valence-corrected chi connectivity index (χ0v) is 8.42. The molecule has 2 saturated carbocycles. The first-order valence-electron chi connectivity index (χ1n) is 5.58. The van der Waals surface area contributed by atoms with E-state index in [-0.39, 0.29) is 0 Å². The predicted molar refractivity (Wildman–Crippen MR) is 54.7 cm³/mol. The van der Waals surface area contributed by atoms with Gasteiger partial charge in [0.05, 0.1) is 0 Å². The summed E-state index contributed by atoms with van der Waals surface area (Å²) in [6, 6.07) is 2.03. The molecule has 2 aliphatic rings. The van der Waals surface area contributed by atoms with Gasteiger partial charge in [-0.15, -0.1) is 0 Å². The second-order valence-electron chi connectivity index (χ2n) is 4.82. The Bertz CT molecular complexity index is 296. The van der Waals surface area contributed by atoms with Crippen LogP contribution in [0.1, 0.15) is 31.4 Å². The molecular formula is C11H17N3. The van der Waals surface area contributed by atoms with Gasteiger partial charge in [-0.25, -0.2) is 0 Å². The molecule has 0 spiro atoms. The van der Waals surface area contributed by atoms with Crippen molar-refractivity contribution in [3.63, 3.8) is 0 Å². The van der Waals surface area contributed by atoms with Gasteiger partial charge >= 0.3 is 0 Å². The zero-order chi connectivity index (χ0) is 9.43. The minimum Gasteiger partial charge on any atom is -0.311 e. The third-order valence-electron chi connectivity index (χ3n) is 3.69. The Kier molecular flexibility index (Phi) is 1.87. The quantitative estimate of drug-likeness (QED) is 0.743. The summed E-state index contributed by atoms with van der Waals surface area (Å²) >= 11 is 0. The molecule has 3 rings (SSSR count). The molecule has 2 aliphatic carbocycles. The number of rotatable bonds is 5. The third-order valence-corrected chi connectivity index (χ3v) is 3.69. The van der Waals surface area contributed by atoms with E-state index in [1.54, 1.807) is 0 Å². The Morgan fingerprint density at radius 3 is 2.93 bits per heavy atom. The van der Waals surface area contributed by atoms with E-state index in [4.69, 9.17) is 0 Å². The van der Waals surface area contributed by atoms with E-state index < -0.39 is 0 Å². The van der Waals surface area contributed by atoms with Gasteiger partial charge in [0.15, 0.2) is 0 Å². The molecule has 0 aliphatic heterocycles. The van der Waals surface area contributed by atoms with Gasteiger partial charge in [0, 0.05) is 25.0 Å². The summed E-state index contributed by atoms with van der Waals surface area (Å²) < 4.78 is 0. The number of aromatic nitrogens is 2. The second-order valence-corrected chi connectivity index (χ2v) is 4.82. The van der Waals surface area contributed by atoms with Crippen molar-refractivity contribution in [1.29, 1.82) is 0 Å². The molecule has 76 valence electrons. The first-order chi connectivity index (χ1) is 6.89. The molecule has 0 aromatic carbocycles. The monoisotopic (exact) mass is 191 g/mol. The van der Waals surface area contributed by atoms with E-state index in [9.17, 15) is 0 Å². The Labute approximate surface area is 84.3 Å². The highest BCUT2D eigenvalue weighted by Gasteiger charge is 2.53. The molecule has 0 radical (unpaired) electrons. The Balaban J connectivity index is 1.46. The number of hydrogen-bond acceptors (Lipinski definition) is 2. The standard InChI is InChI=1S/C11H17N3/c1-2-9(1)11(4-5-11)8-12-7-10-3-6-13-14-10/h3,6,9,12H,1-2,4-5,7-8H2,(H,13,14). The average molecular weight is 191 g/mol. The van der Waals surface area contributed by atoms with Gasteiger partial charge in [-0.2, -0.15) is 5.10 Å². The van der Waals surface area contributed by atoms with Crippen LogP contribution in [0.3, 0.4) is 0 Å². The van der Waals surface area contributed by atoms with Gasteiger partial charge < -0.3 is 5.32 Å². The lowest BCUT2D eigenvalue weighted by atomic mass is 10.0. The summed E-state index contributed by atoms with van der Waals surface area (Å²) in [6.07, 6.45) is 7.67. The van der Waals surface area contributed by atoms with E-state index in [0.717, 1.165) is 12.5 Å². The molecule has 1 heterocycles. The Morgan fingerprint density at radius 2 is 2.36 bits per heavy atom. The summed E-state index contributed by atoms with van der Waals surface area (Å²) in [5, 5.41) is 10.5. The highest BCUT2D eigenvalue weighted by molar-refractivity contribution is 5.05. The van der Waals surface area contributed by atoms with Crippen LogP contribution in [0.15, 0.2) is 12.3 Å². The molecule has 2 N–H and O–H groups in total. The molecular weight excluding hydrogens is 174 g/mol. The Morgan fingerprint density at radius 1 is 1.50 bits per heavy atom. The Hall–Kier alpha value is -0.830. The highest BCUT2D eigenvalue weighted by Crippen LogP contribution is 2.60. The fourth-order valence-electron chi connectivity index (χ4n) is 2.41. The van der Waals surface area contributed by atoms with Crippen LogP contribution in [0.4, 0.5) is 0 Å². The lowest BCUT2D eigenvalue weighted by Crippen LogP contribution is -2.25. The van der Waals surface area contributed by atoms with Gasteiger partial charge in [-0.1, -0.05) is 0 Å². The predicted octanol–water partition coefficient (Wildman–Crippen LogP) is 1.69. The number of aromatic amines is 1. The molecule has 3 nitrogen and oxygen atoms in total. The molecule has 2 fully saturated rings. The molecule has 0 bridgehead atoms. The maximum atomic E-state index is 3.94. The molecule has 1 aromatic heterocycles. The van der Waals surface area contributed by atoms with Gasteiger partial charge in [0.2, 0.25) is 0 Å². The molecule has 0 unspecified atom stereocenters. The minimum absolute atomic E-state index is 0.708. The molecule has 14 heavy (non-hydrogen) atoms. The fraction of sp³-hybridized carbons (Fsp3) is 0.727. The summed E-state index contributed by atoms with van der Waals surface area (Å²) in [4.78, 5) is 0. The smallest absolute Gasteiger partial charge is 0.0490 e. The van der Waals surface area contributed by atoms with Crippen LogP contribution in [0.25, 0.3) is 0 Å². The second kappa shape index (κ2) is 3.09. The van der Waals surface area contributed by atoms with Crippen molar-refractivity contribution in [3.8, 4) is 0 Å². The van der Waals surface area contributed by atoms with Crippen LogP contribution in [-0.2, 0) is 6.54 Å². The van der Waals surface area contributed by atoms with Gasteiger partial charge in [0.25, 0.3) is 0 Å². The topological polar surface area (TPSA) is 40.7 Å². The van der Waals surface area contributed by atoms with Crippen LogP contribution < -0.4 is 5.32 Å². The van der Waals surface area contributed by atoms with E-state index in [0.29, 0.717) is 5.41 Å². The van der Waals surface area contributed by atoms with E-state index in [1.165, 1.54) is 37.9 Å². The van der Waals surface area contributed by atoms with E-state index in [2.05, 4.69) is 15.5 Å². The van der Waals surface area contributed by atoms with Gasteiger partial charge in [0.1, 0.15) is 0 Å². The summed E-state index contributed by atoms with van der Waals surface area (Å²) in [7, 11) is 0. The average Bonchev–Trinajstić information content (AvgIpc) is 3.07. The van der Waals surface area contributed by atoms with Crippen molar-refractivity contribution in [2.75, 3.05) is 6.54 Å². The molecule has 0 amide bonds. The van der Waals surface area contributed by atoms with Crippen molar-refractivity contribution in [2.45, 2.75) is 32.2 Å². The van der Waals surface area contributed by atoms with Crippen molar-refractivity contribution in [3.05, 3.63) is 18.0 Å². The summed E-state index contributed by atoms with van der Waals surface area (Å²) in [6.45, 7) is 2.14. The number of hydrogen-bond donors (Lipinski definition) is 2. The summed E-state index contributed by atoms with van der Waals surface area (Å²) in [5.41, 5.74) is 1.90. The lowest BCUT2D eigenvalue weighted by molar-refractivity contribution is 0.402. The van der Waals surface area contributed by atoms with Crippen LogP contribution >= 0.6 is 0 Å². The number of nitrogens with zero attached hydrogens (tertiary/aromatic N) is 1. The van der Waals surface area contributed by atoms with Crippen molar-refractivity contribution < 1.29 is 0 Å². The SMILES string of the molecule is c1cc(CNCC2(C3CC3)CC2)[nH]n1. The lowest BCUT2D eigenvalue weighted by Gasteiger charge is -2.14. The van der Waals surface area contributed by atoms with Crippen LogP contribution in [0, 0.1) is 11.3 Å². The minimum atomic E-state index is 0.708. The molecule has 0 atom stereocenters. The molecule has 1 aromatic rings. The largest absolute Gasteiger partial charge is 0.311 e. The van der Waals surface area contributed by atoms with Gasteiger partial charge in [-0.3, -0.25) is 5.10 Å². The number of nitrogens with one attached hydrogen (secondary N) is 2. The number of H-pyrrole nitrogens is 1.